The number of rotatable bonds is 5. The first-order valence-electron chi connectivity index (χ1n) is 20.1. The Bertz CT molecular complexity index is 3450. The molecule has 11 aromatic rings. The summed E-state index contributed by atoms with van der Waals surface area (Å²) >= 11 is 1.75. The molecule has 0 saturated carbocycles. The van der Waals surface area contributed by atoms with Gasteiger partial charge in [-0.1, -0.05) is 102 Å². The number of nitrogens with zero attached hydrogens (tertiary/aromatic N) is 5. The van der Waals surface area contributed by atoms with Crippen LogP contribution in [0.25, 0.3) is 75.8 Å². The van der Waals surface area contributed by atoms with Gasteiger partial charge in [0.1, 0.15) is 17.2 Å². The molecule has 59 heavy (non-hydrogen) atoms. The molecule has 0 saturated heterocycles. The molecule has 2 atom stereocenters. The normalized spacial score (nSPS) is 16.4. The molecule has 7 heteroatoms. The van der Waals surface area contributed by atoms with Crippen LogP contribution in [-0.2, 0) is 5.41 Å². The first-order chi connectivity index (χ1) is 29.0. The highest BCUT2D eigenvalue weighted by molar-refractivity contribution is 7.21. The molecule has 6 nitrogen and oxygen atoms in total. The molecule has 0 bridgehead atoms. The molecule has 0 aliphatic carbocycles. The Morgan fingerprint density at radius 3 is 1.98 bits per heavy atom. The molecule has 1 aliphatic heterocycles. The Labute approximate surface area is 345 Å². The zero-order chi connectivity index (χ0) is 39.4. The minimum atomic E-state index is -0.547. The number of aromatic nitrogens is 5. The Balaban J connectivity index is 1.28. The number of anilines is 1. The number of aryl methyl sites for hydroxylation is 2. The third kappa shape index (κ3) is 4.95. The highest BCUT2D eigenvalue weighted by Gasteiger charge is 2.48. The number of nitrogens with one attached hydrogen (secondary N) is 1. The first-order valence-corrected chi connectivity index (χ1v) is 20.9. The van der Waals surface area contributed by atoms with E-state index in [1.807, 2.05) is 6.20 Å². The third-order valence-corrected chi connectivity index (χ3v) is 13.7. The molecule has 7 aromatic carbocycles. The van der Waals surface area contributed by atoms with Gasteiger partial charge in [-0.25, -0.2) is 15.0 Å². The van der Waals surface area contributed by atoms with Crippen LogP contribution in [0, 0.1) is 13.8 Å². The van der Waals surface area contributed by atoms with E-state index in [1.165, 1.54) is 43.8 Å². The summed E-state index contributed by atoms with van der Waals surface area (Å²) in [4.78, 5) is 15.0. The van der Waals surface area contributed by atoms with E-state index in [2.05, 4.69) is 192 Å². The van der Waals surface area contributed by atoms with Crippen LogP contribution in [-0.4, -0.2) is 24.1 Å². The summed E-state index contributed by atoms with van der Waals surface area (Å²) in [6.45, 7) is 6.70. The lowest BCUT2D eigenvalue weighted by molar-refractivity contribution is 0.513. The molecule has 0 spiro atoms. The molecule has 1 aliphatic rings. The van der Waals surface area contributed by atoms with Gasteiger partial charge in [0.15, 0.2) is 0 Å². The van der Waals surface area contributed by atoms with Crippen molar-refractivity contribution in [3.05, 3.63) is 192 Å². The van der Waals surface area contributed by atoms with Crippen LogP contribution in [0.15, 0.2) is 164 Å². The summed E-state index contributed by atoms with van der Waals surface area (Å²) in [6, 6.07) is 55.2. The van der Waals surface area contributed by atoms with Gasteiger partial charge in [0.05, 0.1) is 44.0 Å². The number of para-hydroxylation sites is 3. The Morgan fingerprint density at radius 2 is 1.25 bits per heavy atom. The zero-order valence-electron chi connectivity index (χ0n) is 32.8. The number of benzene rings is 7. The van der Waals surface area contributed by atoms with Gasteiger partial charge in [0, 0.05) is 50.0 Å². The van der Waals surface area contributed by atoms with Crippen LogP contribution in [0.3, 0.4) is 0 Å². The predicted octanol–water partition coefficient (Wildman–Crippen LogP) is 13.0. The van der Waals surface area contributed by atoms with Gasteiger partial charge >= 0.3 is 0 Å². The second kappa shape index (κ2) is 12.7. The molecular formula is C52H38N6S. The minimum Gasteiger partial charge on any atom is -0.362 e. The predicted molar refractivity (Wildman–Crippen MR) is 244 cm³/mol. The average Bonchev–Trinajstić information content (AvgIpc) is 4.02. The Morgan fingerprint density at radius 1 is 0.627 bits per heavy atom. The van der Waals surface area contributed by atoms with Gasteiger partial charge in [0.25, 0.3) is 0 Å². The quantitative estimate of drug-likeness (QED) is 0.189. The maximum absolute atomic E-state index is 5.47. The van der Waals surface area contributed by atoms with Crippen molar-refractivity contribution >= 4 is 71.0 Å². The van der Waals surface area contributed by atoms with Crippen LogP contribution >= 0.6 is 11.3 Å². The van der Waals surface area contributed by atoms with Crippen LogP contribution in [0.2, 0.25) is 0 Å². The molecule has 0 amide bonds. The largest absolute Gasteiger partial charge is 0.362 e. The standard InChI is InChI=1S/C52H38N6S/c1-31-21-23-44-37(25-31)35-15-7-10-18-42(35)57(44)34-27-39(49-52(3,33-13-5-4-6-14-33)40-29-53-30-54-50(40)56-49)48(51-55-41-17-9-12-20-47(41)59-51)46(28-34)58-43-19-11-8-16-36(43)38-26-32(2)22-24-45(38)58/h4-30,49H,1-3H3,(H,53,54,56). The topological polar surface area (TPSA) is 60.6 Å². The van der Waals surface area contributed by atoms with Crippen LogP contribution in [0.5, 0.6) is 0 Å². The number of fused-ring (bicyclic) bond motifs is 8. The zero-order valence-corrected chi connectivity index (χ0v) is 33.6. The van der Waals surface area contributed by atoms with Crippen molar-refractivity contribution in [2.45, 2.75) is 32.2 Å². The van der Waals surface area contributed by atoms with Gasteiger partial charge in [-0.3, -0.25) is 0 Å². The van der Waals surface area contributed by atoms with E-state index < -0.39 is 5.41 Å². The van der Waals surface area contributed by atoms with E-state index in [0.29, 0.717) is 0 Å². The van der Waals surface area contributed by atoms with E-state index >= 15 is 0 Å². The molecule has 2 unspecified atom stereocenters. The Hall–Kier alpha value is -7.09. The van der Waals surface area contributed by atoms with E-state index in [-0.39, 0.29) is 6.04 Å². The van der Waals surface area contributed by atoms with Crippen molar-refractivity contribution in [1.82, 2.24) is 24.1 Å². The molecule has 4 aromatic heterocycles. The van der Waals surface area contributed by atoms with E-state index in [0.717, 1.165) is 65.7 Å². The lowest BCUT2D eigenvalue weighted by atomic mass is 9.70. The minimum absolute atomic E-state index is 0.247. The van der Waals surface area contributed by atoms with Crippen LogP contribution in [0.4, 0.5) is 5.82 Å². The van der Waals surface area contributed by atoms with E-state index in [4.69, 9.17) is 9.97 Å². The highest BCUT2D eigenvalue weighted by atomic mass is 32.1. The number of thiazole rings is 1. The van der Waals surface area contributed by atoms with Crippen molar-refractivity contribution < 1.29 is 0 Å². The van der Waals surface area contributed by atoms with Crippen LogP contribution in [0.1, 0.15) is 40.8 Å². The average molecular weight is 779 g/mol. The van der Waals surface area contributed by atoms with Crippen LogP contribution < -0.4 is 5.32 Å². The van der Waals surface area contributed by atoms with Crippen molar-refractivity contribution in [2.75, 3.05) is 5.32 Å². The number of hydrogen-bond donors (Lipinski definition) is 1. The molecule has 282 valence electrons. The summed E-state index contributed by atoms with van der Waals surface area (Å²) < 4.78 is 6.09. The van der Waals surface area contributed by atoms with E-state index in [1.54, 1.807) is 17.7 Å². The van der Waals surface area contributed by atoms with Crippen molar-refractivity contribution in [2.24, 2.45) is 0 Å². The first kappa shape index (κ1) is 34.0. The van der Waals surface area contributed by atoms with Gasteiger partial charge < -0.3 is 14.5 Å². The maximum Gasteiger partial charge on any atom is 0.134 e. The molecule has 12 rings (SSSR count). The fourth-order valence-electron chi connectivity index (χ4n) is 9.85. The van der Waals surface area contributed by atoms with Gasteiger partial charge in [-0.15, -0.1) is 11.3 Å². The summed E-state index contributed by atoms with van der Waals surface area (Å²) in [5.74, 6) is 0.846. The second-order valence-corrected chi connectivity index (χ2v) is 17.1. The third-order valence-electron chi connectivity index (χ3n) is 12.6. The summed E-state index contributed by atoms with van der Waals surface area (Å²) in [7, 11) is 0. The van der Waals surface area contributed by atoms with Crippen molar-refractivity contribution in [3.8, 4) is 21.9 Å². The van der Waals surface area contributed by atoms with Crippen molar-refractivity contribution in [1.29, 1.82) is 0 Å². The van der Waals surface area contributed by atoms with Gasteiger partial charge in [0.2, 0.25) is 0 Å². The molecular weight excluding hydrogens is 741 g/mol. The van der Waals surface area contributed by atoms with E-state index in [9.17, 15) is 0 Å². The highest BCUT2D eigenvalue weighted by Crippen LogP contribution is 2.55. The maximum atomic E-state index is 5.47. The van der Waals surface area contributed by atoms with Crippen molar-refractivity contribution in [3.63, 3.8) is 0 Å². The fraction of sp³-hybridized carbons (Fsp3) is 0.0962. The number of hydrogen-bond acceptors (Lipinski definition) is 5. The van der Waals surface area contributed by atoms with Gasteiger partial charge in [-0.05, 0) is 92.6 Å². The SMILES string of the molecule is Cc1ccc2c(c1)c1ccccc1n2-c1cc(C2Nc3ncncc3C2(C)c2ccccc2)c(-c2nc3ccccc3s2)c(-n2c3ccccc3c3cc(C)ccc32)c1. The molecule has 5 heterocycles. The molecule has 1 N–H and O–H groups in total. The second-order valence-electron chi connectivity index (χ2n) is 16.1. The summed E-state index contributed by atoms with van der Waals surface area (Å²) in [6.07, 6.45) is 3.64. The lowest BCUT2D eigenvalue weighted by Gasteiger charge is -2.34. The monoisotopic (exact) mass is 778 g/mol. The summed E-state index contributed by atoms with van der Waals surface area (Å²) in [5.41, 5.74) is 14.2. The smallest absolute Gasteiger partial charge is 0.134 e. The van der Waals surface area contributed by atoms with Gasteiger partial charge in [-0.2, -0.15) is 0 Å². The molecule has 0 radical (unpaired) electrons. The Kier molecular flexibility index (Phi) is 7.32. The lowest BCUT2D eigenvalue weighted by Crippen LogP contribution is -2.31. The fourth-order valence-corrected chi connectivity index (χ4v) is 10.9. The molecule has 0 fully saturated rings. The summed E-state index contributed by atoms with van der Waals surface area (Å²) in [5, 5.41) is 9.88.